The molecule has 0 spiro atoms. The molecule has 2 amide bonds. The predicted octanol–water partition coefficient (Wildman–Crippen LogP) is 2.13. The molecule has 2 aromatic heterocycles. The number of H-pyrrole nitrogens is 1. The number of nitrogens with zero attached hydrogens (tertiary/aromatic N) is 4. The number of amides is 2. The maximum Gasteiger partial charge on any atom is 0.272 e. The summed E-state index contributed by atoms with van der Waals surface area (Å²) < 4.78 is 14.1. The zero-order chi connectivity index (χ0) is 22.9. The number of aromatic amines is 1. The number of aromatic nitrogens is 3. The van der Waals surface area contributed by atoms with Crippen LogP contribution in [0.15, 0.2) is 53.5 Å². The van der Waals surface area contributed by atoms with E-state index in [1.165, 1.54) is 23.1 Å². The summed E-state index contributed by atoms with van der Waals surface area (Å²) in [5.74, 6) is -0.754. The third-order valence-electron chi connectivity index (χ3n) is 6.23. The fourth-order valence-corrected chi connectivity index (χ4v) is 4.45. The number of carbonyl (C=O) groups excluding carboxylic acids is 2. The fraction of sp³-hybridized carbons (Fsp3) is 0.292. The Balaban J connectivity index is 1.35. The van der Waals surface area contributed by atoms with E-state index < -0.39 is 11.7 Å². The zero-order valence-corrected chi connectivity index (χ0v) is 17.8. The minimum atomic E-state index is -0.573. The van der Waals surface area contributed by atoms with Crippen LogP contribution < -0.4 is 5.56 Å². The maximum atomic E-state index is 14.1. The minimum Gasteiger partial charge on any atom is -0.337 e. The molecule has 4 heterocycles. The lowest BCUT2D eigenvalue weighted by molar-refractivity contribution is 0.0724. The smallest absolute Gasteiger partial charge is 0.272 e. The van der Waals surface area contributed by atoms with Gasteiger partial charge in [-0.3, -0.25) is 19.4 Å². The van der Waals surface area contributed by atoms with Crippen LogP contribution in [0.5, 0.6) is 0 Å². The second kappa shape index (κ2) is 8.57. The van der Waals surface area contributed by atoms with Crippen LogP contribution in [0.25, 0.3) is 0 Å². The van der Waals surface area contributed by atoms with Gasteiger partial charge in [0, 0.05) is 37.3 Å². The monoisotopic (exact) mass is 447 g/mol. The van der Waals surface area contributed by atoms with Crippen LogP contribution >= 0.6 is 0 Å². The van der Waals surface area contributed by atoms with Crippen molar-refractivity contribution in [2.45, 2.75) is 25.3 Å². The fourth-order valence-electron chi connectivity index (χ4n) is 4.45. The molecule has 33 heavy (non-hydrogen) atoms. The summed E-state index contributed by atoms with van der Waals surface area (Å²) in [7, 11) is 0. The van der Waals surface area contributed by atoms with Gasteiger partial charge in [-0.05, 0) is 37.1 Å². The summed E-state index contributed by atoms with van der Waals surface area (Å²) in [6, 6.07) is 11.1. The molecule has 0 bridgehead atoms. The highest BCUT2D eigenvalue weighted by Crippen LogP contribution is 2.27. The number of halogens is 1. The van der Waals surface area contributed by atoms with Gasteiger partial charge in [-0.1, -0.05) is 18.2 Å². The van der Waals surface area contributed by atoms with Crippen LogP contribution in [0.4, 0.5) is 4.39 Å². The second-order valence-corrected chi connectivity index (χ2v) is 8.28. The Morgan fingerprint density at radius 1 is 1.03 bits per heavy atom. The minimum absolute atomic E-state index is 0.00508. The lowest BCUT2D eigenvalue weighted by Crippen LogP contribution is -2.40. The highest BCUT2D eigenvalue weighted by molar-refractivity contribution is 5.94. The largest absolute Gasteiger partial charge is 0.337 e. The van der Waals surface area contributed by atoms with E-state index in [0.717, 1.165) is 0 Å². The number of benzene rings is 1. The summed E-state index contributed by atoms with van der Waals surface area (Å²) in [4.78, 5) is 53.2. The molecule has 1 fully saturated rings. The van der Waals surface area contributed by atoms with E-state index in [1.54, 1.807) is 35.4 Å². The summed E-state index contributed by atoms with van der Waals surface area (Å²) in [5.41, 5.74) is 1.25. The number of hydrogen-bond donors (Lipinski definition) is 1. The lowest BCUT2D eigenvalue weighted by Gasteiger charge is -2.28. The molecule has 168 valence electrons. The Morgan fingerprint density at radius 2 is 1.85 bits per heavy atom. The highest BCUT2D eigenvalue weighted by atomic mass is 19.1. The normalized spacial score (nSPS) is 17.7. The number of rotatable bonds is 3. The molecular formula is C24H22FN5O3. The third kappa shape index (κ3) is 4.02. The van der Waals surface area contributed by atoms with Gasteiger partial charge < -0.3 is 14.8 Å². The maximum absolute atomic E-state index is 14.1. The Bertz CT molecular complexity index is 1280. The van der Waals surface area contributed by atoms with Gasteiger partial charge >= 0.3 is 0 Å². The van der Waals surface area contributed by atoms with Gasteiger partial charge in [0.05, 0.1) is 17.8 Å². The molecule has 5 rings (SSSR count). The van der Waals surface area contributed by atoms with Crippen molar-refractivity contribution in [3.63, 3.8) is 0 Å². The molecule has 2 aliphatic heterocycles. The van der Waals surface area contributed by atoms with E-state index in [4.69, 9.17) is 0 Å². The summed E-state index contributed by atoms with van der Waals surface area (Å²) in [6.45, 7) is 1.43. The molecule has 1 N–H and O–H groups in total. The summed E-state index contributed by atoms with van der Waals surface area (Å²) in [5, 5.41) is 0. The van der Waals surface area contributed by atoms with Crippen LogP contribution in [0.1, 0.15) is 50.3 Å². The van der Waals surface area contributed by atoms with Crippen LogP contribution in [-0.2, 0) is 13.0 Å². The number of nitrogens with one attached hydrogen (secondary N) is 1. The van der Waals surface area contributed by atoms with Gasteiger partial charge in [0.1, 0.15) is 17.3 Å². The zero-order valence-electron chi connectivity index (χ0n) is 17.8. The third-order valence-corrected chi connectivity index (χ3v) is 6.23. The molecule has 8 nitrogen and oxygen atoms in total. The van der Waals surface area contributed by atoms with Gasteiger partial charge in [-0.15, -0.1) is 0 Å². The first-order valence-electron chi connectivity index (χ1n) is 10.9. The summed E-state index contributed by atoms with van der Waals surface area (Å²) in [6.07, 6.45) is 2.60. The molecule has 0 radical (unpaired) electrons. The number of fused-ring (bicyclic) bond motifs is 1. The Hall–Kier alpha value is -3.88. The first-order valence-corrected chi connectivity index (χ1v) is 10.9. The van der Waals surface area contributed by atoms with Crippen LogP contribution in [0.2, 0.25) is 0 Å². The topological polar surface area (TPSA) is 99.3 Å². The molecule has 9 heteroatoms. The molecular weight excluding hydrogens is 425 g/mol. The van der Waals surface area contributed by atoms with Crippen LogP contribution in [-0.4, -0.2) is 56.2 Å². The predicted molar refractivity (Wildman–Crippen MR) is 117 cm³/mol. The molecule has 0 unspecified atom stereocenters. The van der Waals surface area contributed by atoms with Crippen molar-refractivity contribution < 1.29 is 14.0 Å². The van der Waals surface area contributed by atoms with Crippen molar-refractivity contribution in [3.8, 4) is 0 Å². The first-order chi connectivity index (χ1) is 16.0. The standard InChI is InChI=1S/C24H22FN5O3/c25-18-6-2-1-5-16(18)23(32)30-12-9-17-20(14-30)27-21(28-22(17)31)15-8-11-29(13-15)24(33)19-7-3-4-10-26-19/h1-7,10,15H,8-9,11-14H2,(H,27,28,31)/t15-/m0/s1. The van der Waals surface area contributed by atoms with E-state index >= 15 is 0 Å². The molecule has 2 aliphatic rings. The molecule has 1 aromatic carbocycles. The number of pyridine rings is 1. The van der Waals surface area contributed by atoms with Crippen LogP contribution in [0, 0.1) is 5.82 Å². The van der Waals surface area contributed by atoms with Crippen LogP contribution in [0.3, 0.4) is 0 Å². The lowest BCUT2D eigenvalue weighted by atomic mass is 10.0. The Labute approximate surface area is 189 Å². The second-order valence-electron chi connectivity index (χ2n) is 8.28. The van der Waals surface area contributed by atoms with Crippen molar-refractivity contribution in [1.82, 2.24) is 24.8 Å². The SMILES string of the molecule is O=C(c1ccccn1)N1CC[C@H](c2nc3c(c(=O)[nH]2)CCN(C(=O)c2ccccc2F)C3)C1. The van der Waals surface area contributed by atoms with Crippen molar-refractivity contribution in [2.75, 3.05) is 19.6 Å². The molecule has 3 aromatic rings. The average molecular weight is 447 g/mol. The number of hydrogen-bond acceptors (Lipinski definition) is 5. The summed E-state index contributed by atoms with van der Waals surface area (Å²) >= 11 is 0. The molecule has 1 saturated heterocycles. The first kappa shape index (κ1) is 21.0. The molecule has 0 saturated carbocycles. The van der Waals surface area contributed by atoms with E-state index in [2.05, 4.69) is 15.0 Å². The van der Waals surface area contributed by atoms with Crippen molar-refractivity contribution in [3.05, 3.63) is 93.2 Å². The van der Waals surface area contributed by atoms with E-state index in [-0.39, 0.29) is 29.5 Å². The quantitative estimate of drug-likeness (QED) is 0.663. The van der Waals surface area contributed by atoms with Crippen molar-refractivity contribution in [1.29, 1.82) is 0 Å². The van der Waals surface area contributed by atoms with E-state index in [0.29, 0.717) is 55.3 Å². The van der Waals surface area contributed by atoms with Gasteiger partial charge in [0.25, 0.3) is 17.4 Å². The van der Waals surface area contributed by atoms with Gasteiger partial charge in [0.15, 0.2) is 0 Å². The van der Waals surface area contributed by atoms with Crippen molar-refractivity contribution in [2.24, 2.45) is 0 Å². The Morgan fingerprint density at radius 3 is 2.64 bits per heavy atom. The number of likely N-dealkylation sites (tertiary alicyclic amines) is 1. The Kier molecular flexibility index (Phi) is 5.45. The van der Waals surface area contributed by atoms with Gasteiger partial charge in [-0.2, -0.15) is 0 Å². The van der Waals surface area contributed by atoms with E-state index in [1.807, 2.05) is 0 Å². The van der Waals surface area contributed by atoms with Gasteiger partial charge in [-0.25, -0.2) is 9.37 Å². The highest BCUT2D eigenvalue weighted by Gasteiger charge is 2.32. The molecule has 1 atom stereocenters. The number of carbonyl (C=O) groups is 2. The average Bonchev–Trinajstić information content (AvgIpc) is 3.34. The molecule has 0 aliphatic carbocycles. The van der Waals surface area contributed by atoms with E-state index in [9.17, 15) is 18.8 Å². The van der Waals surface area contributed by atoms with Crippen molar-refractivity contribution >= 4 is 11.8 Å². The van der Waals surface area contributed by atoms with Gasteiger partial charge in [0.2, 0.25) is 0 Å².